The van der Waals surface area contributed by atoms with E-state index in [-0.39, 0.29) is 22.5 Å². The van der Waals surface area contributed by atoms with Crippen LogP contribution in [0.15, 0.2) is 24.0 Å². The molecule has 3 nitrogen and oxygen atoms in total. The Kier molecular flexibility index (Phi) is 6.05. The summed E-state index contributed by atoms with van der Waals surface area (Å²) in [5.41, 5.74) is 3.73. The zero-order valence-corrected chi connectivity index (χ0v) is 17.7. The van der Waals surface area contributed by atoms with E-state index in [2.05, 4.69) is 26.8 Å². The van der Waals surface area contributed by atoms with Gasteiger partial charge in [0, 0.05) is 25.1 Å². The van der Waals surface area contributed by atoms with Gasteiger partial charge in [0.1, 0.15) is 11.9 Å². The topological polar surface area (TPSA) is 35.5 Å². The maximum Gasteiger partial charge on any atom is 0.357 e. The number of carbonyl (C=O) groups excluding carboxylic acids is 1. The molecule has 1 saturated carbocycles. The maximum atomic E-state index is 13.0. The summed E-state index contributed by atoms with van der Waals surface area (Å²) in [5.74, 6) is 0.776. The molecular formula is C23H30O3S. The van der Waals surface area contributed by atoms with Crippen LogP contribution >= 0.6 is 12.2 Å². The summed E-state index contributed by atoms with van der Waals surface area (Å²) in [4.78, 5) is 13.0. The molecule has 2 aliphatic carbocycles. The molecule has 0 spiro atoms. The fraction of sp³-hybridized carbons (Fsp3) is 0.565. The number of allylic oxidation sites excluding steroid dienone is 2. The van der Waals surface area contributed by atoms with Crippen LogP contribution in [0.1, 0.15) is 75.5 Å². The largest absolute Gasteiger partial charge is 0.453 e. The van der Waals surface area contributed by atoms with Crippen molar-refractivity contribution in [1.82, 2.24) is 0 Å². The molecule has 0 aliphatic heterocycles. The lowest BCUT2D eigenvalue weighted by Gasteiger charge is -2.32. The van der Waals surface area contributed by atoms with Gasteiger partial charge >= 0.3 is 5.24 Å². The molecule has 0 aromatic heterocycles. The van der Waals surface area contributed by atoms with E-state index < -0.39 is 0 Å². The Morgan fingerprint density at radius 1 is 1.11 bits per heavy atom. The second-order valence-corrected chi connectivity index (χ2v) is 9.12. The van der Waals surface area contributed by atoms with E-state index in [9.17, 15) is 4.79 Å². The van der Waals surface area contributed by atoms with Crippen LogP contribution in [0, 0.1) is 19.3 Å². The molecule has 1 fully saturated rings. The lowest BCUT2D eigenvalue weighted by molar-refractivity contribution is -0.116. The number of Topliss-reactive ketones (excluding diaryl/α,β-unsaturated/α-hetero) is 1. The highest BCUT2D eigenvalue weighted by molar-refractivity contribution is 7.79. The molecule has 1 aromatic rings. The number of benzene rings is 1. The Labute approximate surface area is 168 Å². The SMILES string of the molecule is Cc1ccc(C2=C(OC(=S)OC3CCCCC3)CC(C)(C)CC2=O)c(C)c1. The van der Waals surface area contributed by atoms with Crippen LogP contribution in [0.2, 0.25) is 0 Å². The van der Waals surface area contributed by atoms with E-state index in [1.54, 1.807) is 0 Å². The minimum Gasteiger partial charge on any atom is -0.453 e. The quantitative estimate of drug-likeness (QED) is 0.592. The van der Waals surface area contributed by atoms with E-state index in [1.165, 1.54) is 24.8 Å². The first-order chi connectivity index (χ1) is 12.7. The van der Waals surface area contributed by atoms with Crippen molar-refractivity contribution in [2.24, 2.45) is 5.41 Å². The predicted octanol–water partition coefficient (Wildman–Crippen LogP) is 6.05. The molecule has 146 valence electrons. The van der Waals surface area contributed by atoms with E-state index in [4.69, 9.17) is 21.7 Å². The molecule has 0 amide bonds. The first-order valence-electron chi connectivity index (χ1n) is 9.98. The molecule has 0 N–H and O–H groups in total. The molecule has 3 rings (SSSR count). The summed E-state index contributed by atoms with van der Waals surface area (Å²) in [6.07, 6.45) is 6.99. The van der Waals surface area contributed by atoms with Gasteiger partial charge in [-0.15, -0.1) is 0 Å². The van der Waals surface area contributed by atoms with Crippen LogP contribution in [0.4, 0.5) is 0 Å². The first kappa shape index (κ1) is 20.1. The molecule has 4 heteroatoms. The van der Waals surface area contributed by atoms with Crippen molar-refractivity contribution in [1.29, 1.82) is 0 Å². The van der Waals surface area contributed by atoms with E-state index in [1.807, 2.05) is 19.1 Å². The average Bonchev–Trinajstić information content (AvgIpc) is 2.56. The van der Waals surface area contributed by atoms with Gasteiger partial charge in [0.15, 0.2) is 5.78 Å². The Morgan fingerprint density at radius 3 is 2.48 bits per heavy atom. The molecule has 0 bridgehead atoms. The van der Waals surface area contributed by atoms with Crippen molar-refractivity contribution < 1.29 is 14.3 Å². The van der Waals surface area contributed by atoms with E-state index in [0.29, 0.717) is 24.2 Å². The molecule has 2 aliphatic rings. The molecule has 27 heavy (non-hydrogen) atoms. The van der Waals surface area contributed by atoms with Crippen molar-refractivity contribution >= 4 is 28.8 Å². The van der Waals surface area contributed by atoms with E-state index in [0.717, 1.165) is 24.0 Å². The summed E-state index contributed by atoms with van der Waals surface area (Å²) in [7, 11) is 0. The number of carbonyl (C=O) groups is 1. The number of ether oxygens (including phenoxy) is 2. The standard InChI is InChI=1S/C23H30O3S/c1-15-10-11-18(16(2)12-15)21-19(24)13-23(3,4)14-20(21)26-22(27)25-17-8-6-5-7-9-17/h10-12,17H,5-9,13-14H2,1-4H3. The third-order valence-electron chi connectivity index (χ3n) is 5.51. The maximum absolute atomic E-state index is 13.0. The summed E-state index contributed by atoms with van der Waals surface area (Å²) in [6.45, 7) is 8.29. The second-order valence-electron chi connectivity index (χ2n) is 8.79. The highest BCUT2D eigenvalue weighted by Gasteiger charge is 2.36. The van der Waals surface area contributed by atoms with Crippen molar-refractivity contribution in [3.63, 3.8) is 0 Å². The molecular weight excluding hydrogens is 356 g/mol. The molecule has 0 atom stereocenters. The lowest BCUT2D eigenvalue weighted by atomic mass is 9.74. The van der Waals surface area contributed by atoms with Gasteiger partial charge in [0.25, 0.3) is 0 Å². The molecule has 0 radical (unpaired) electrons. The molecule has 1 aromatic carbocycles. The van der Waals surface area contributed by atoms with Crippen molar-refractivity contribution in [3.05, 3.63) is 40.6 Å². The summed E-state index contributed by atoms with van der Waals surface area (Å²) in [5, 5.41) is 0.157. The molecule has 0 heterocycles. The summed E-state index contributed by atoms with van der Waals surface area (Å²) in [6, 6.07) is 6.16. The highest BCUT2D eigenvalue weighted by Crippen LogP contribution is 2.42. The van der Waals surface area contributed by atoms with Crippen LogP contribution in [-0.4, -0.2) is 17.1 Å². The van der Waals surface area contributed by atoms with Crippen LogP contribution in [0.5, 0.6) is 0 Å². The number of ketones is 1. The third-order valence-corrected chi connectivity index (χ3v) is 5.69. The number of hydrogen-bond donors (Lipinski definition) is 0. The van der Waals surface area contributed by atoms with Gasteiger partial charge < -0.3 is 9.47 Å². The fourth-order valence-electron chi connectivity index (χ4n) is 4.19. The zero-order chi connectivity index (χ0) is 19.6. The van der Waals surface area contributed by atoms with Gasteiger partial charge in [-0.1, -0.05) is 44.0 Å². The highest BCUT2D eigenvalue weighted by atomic mass is 32.1. The Bertz CT molecular complexity index is 770. The van der Waals surface area contributed by atoms with Crippen LogP contribution in [0.3, 0.4) is 0 Å². The second kappa shape index (κ2) is 8.14. The lowest BCUT2D eigenvalue weighted by Crippen LogP contribution is -2.28. The Balaban J connectivity index is 1.89. The van der Waals surface area contributed by atoms with Gasteiger partial charge in [0.2, 0.25) is 0 Å². The number of rotatable bonds is 3. The average molecular weight is 387 g/mol. The number of hydrogen-bond acceptors (Lipinski definition) is 4. The molecule has 0 unspecified atom stereocenters. The van der Waals surface area contributed by atoms with Gasteiger partial charge in [-0.2, -0.15) is 0 Å². The van der Waals surface area contributed by atoms with Gasteiger partial charge in [-0.3, -0.25) is 4.79 Å². The summed E-state index contributed by atoms with van der Waals surface area (Å²) >= 11 is 5.40. The van der Waals surface area contributed by atoms with Gasteiger partial charge in [-0.25, -0.2) is 0 Å². The Morgan fingerprint density at radius 2 is 1.81 bits per heavy atom. The smallest absolute Gasteiger partial charge is 0.357 e. The van der Waals surface area contributed by atoms with Crippen LogP contribution < -0.4 is 0 Å². The predicted molar refractivity (Wildman–Crippen MR) is 112 cm³/mol. The number of thiocarbonyl (C=S) groups is 1. The number of aryl methyl sites for hydroxylation is 2. The minimum absolute atomic E-state index is 0.119. The van der Waals surface area contributed by atoms with Crippen LogP contribution in [0.25, 0.3) is 5.57 Å². The normalized spacial score (nSPS) is 20.5. The van der Waals surface area contributed by atoms with Gasteiger partial charge in [-0.05, 0) is 56.1 Å². The third kappa shape index (κ3) is 4.98. The van der Waals surface area contributed by atoms with Crippen molar-refractivity contribution in [2.45, 2.75) is 78.7 Å². The summed E-state index contributed by atoms with van der Waals surface area (Å²) < 4.78 is 11.9. The van der Waals surface area contributed by atoms with E-state index >= 15 is 0 Å². The Hall–Kier alpha value is -1.68. The first-order valence-corrected chi connectivity index (χ1v) is 10.4. The fourth-order valence-corrected chi connectivity index (χ4v) is 4.43. The van der Waals surface area contributed by atoms with Crippen molar-refractivity contribution in [2.75, 3.05) is 0 Å². The molecule has 0 saturated heterocycles. The monoisotopic (exact) mass is 386 g/mol. The minimum atomic E-state index is -0.144. The zero-order valence-electron chi connectivity index (χ0n) is 16.9. The van der Waals surface area contributed by atoms with Crippen LogP contribution in [-0.2, 0) is 14.3 Å². The van der Waals surface area contributed by atoms with Crippen molar-refractivity contribution in [3.8, 4) is 0 Å². The van der Waals surface area contributed by atoms with Gasteiger partial charge in [0.05, 0.1) is 5.57 Å².